The molecule has 184 valence electrons. The zero-order valence-corrected chi connectivity index (χ0v) is 20.7. The number of fused-ring (bicyclic) bond motifs is 1. The van der Waals surface area contributed by atoms with E-state index in [2.05, 4.69) is 36.7 Å². The fraction of sp³-hybridized carbons (Fsp3) is 0.385. The van der Waals surface area contributed by atoms with E-state index in [0.29, 0.717) is 35.2 Å². The van der Waals surface area contributed by atoms with Gasteiger partial charge >= 0.3 is 6.03 Å². The number of imide groups is 1. The summed E-state index contributed by atoms with van der Waals surface area (Å²) in [4.78, 5) is 50.6. The fourth-order valence-electron chi connectivity index (χ4n) is 4.36. The molecular weight excluding hydrogens is 468 g/mol. The molecule has 2 unspecified atom stereocenters. The Morgan fingerprint density at radius 2 is 2.06 bits per heavy atom. The first kappa shape index (κ1) is 24.7. The van der Waals surface area contributed by atoms with E-state index in [1.54, 1.807) is 12.1 Å². The lowest BCUT2D eigenvalue weighted by Crippen LogP contribution is -2.52. The van der Waals surface area contributed by atoms with Gasteiger partial charge in [0.2, 0.25) is 11.8 Å². The van der Waals surface area contributed by atoms with Crippen molar-refractivity contribution in [1.29, 1.82) is 0 Å². The second-order valence-corrected chi connectivity index (χ2v) is 10.1. The van der Waals surface area contributed by atoms with Gasteiger partial charge in [-0.05, 0) is 41.7 Å². The number of nitrogens with zero attached hydrogens (tertiary/aromatic N) is 1. The first-order valence-electron chi connectivity index (χ1n) is 11.7. The molecule has 1 saturated heterocycles. The molecular formula is C26H29ClN4O4. The van der Waals surface area contributed by atoms with E-state index < -0.39 is 18.0 Å². The predicted molar refractivity (Wildman–Crippen MR) is 132 cm³/mol. The monoisotopic (exact) mass is 496 g/mol. The third-order valence-corrected chi connectivity index (χ3v) is 7.13. The van der Waals surface area contributed by atoms with Crippen molar-refractivity contribution in [2.24, 2.45) is 11.3 Å². The van der Waals surface area contributed by atoms with Crippen LogP contribution in [0.3, 0.4) is 0 Å². The number of benzene rings is 1. The van der Waals surface area contributed by atoms with Crippen LogP contribution in [-0.4, -0.2) is 34.7 Å². The Kier molecular flexibility index (Phi) is 6.85. The topological polar surface area (TPSA) is 108 Å². The summed E-state index contributed by atoms with van der Waals surface area (Å²) in [6.45, 7) is 6.85. The second kappa shape index (κ2) is 9.70. The zero-order chi connectivity index (χ0) is 25.3. The Balaban J connectivity index is 1.37. The Hall–Kier alpha value is -3.39. The van der Waals surface area contributed by atoms with Crippen LogP contribution >= 0.6 is 11.6 Å². The summed E-state index contributed by atoms with van der Waals surface area (Å²) in [5.41, 5.74) is 2.45. The molecule has 0 aromatic heterocycles. The Bertz CT molecular complexity index is 1190. The minimum absolute atomic E-state index is 0.212. The lowest BCUT2D eigenvalue weighted by atomic mass is 9.79. The summed E-state index contributed by atoms with van der Waals surface area (Å²) in [7, 11) is 0. The van der Waals surface area contributed by atoms with Crippen LogP contribution in [-0.2, 0) is 22.7 Å². The number of nitrogens with one attached hydrogen (secondary N) is 3. The quantitative estimate of drug-likeness (QED) is 0.542. The SMILES string of the molecule is CC(C)C1(C)C=CC(NC(=O)NCc2ccc3c(c2)C(=O)N(C2CCC(=O)NC2=O)C3)=CC(Cl)=C1. The van der Waals surface area contributed by atoms with Gasteiger partial charge in [-0.3, -0.25) is 19.7 Å². The Labute approximate surface area is 209 Å². The maximum atomic E-state index is 13.0. The van der Waals surface area contributed by atoms with Crippen LogP contribution in [0.2, 0.25) is 0 Å². The maximum Gasteiger partial charge on any atom is 0.319 e. The molecule has 0 radical (unpaired) electrons. The van der Waals surface area contributed by atoms with Gasteiger partial charge in [-0.15, -0.1) is 0 Å². The van der Waals surface area contributed by atoms with Crippen LogP contribution < -0.4 is 16.0 Å². The molecule has 8 nitrogen and oxygen atoms in total. The number of halogens is 1. The number of hydrogen-bond acceptors (Lipinski definition) is 4. The Morgan fingerprint density at radius 1 is 1.29 bits per heavy atom. The molecule has 4 rings (SSSR count). The lowest BCUT2D eigenvalue weighted by molar-refractivity contribution is -0.136. The molecule has 3 aliphatic rings. The number of hydrogen-bond donors (Lipinski definition) is 3. The first-order valence-corrected chi connectivity index (χ1v) is 12.0. The summed E-state index contributed by atoms with van der Waals surface area (Å²) in [6.07, 6.45) is 8.09. The number of allylic oxidation sites excluding steroid dienone is 5. The standard InChI is InChI=1S/C26H29ClN4O4/c1-15(2)26(3)9-8-19(11-18(27)12-26)29-25(35)28-13-16-4-5-17-14-31(24(34)20(17)10-16)21-6-7-22(32)30-23(21)33/h4-5,8-12,15,21H,6-7,13-14H2,1-3H3,(H2,28,29,35)(H,30,32,33). The molecule has 5 amide bonds. The van der Waals surface area contributed by atoms with E-state index in [4.69, 9.17) is 11.6 Å². The van der Waals surface area contributed by atoms with Crippen LogP contribution in [0.4, 0.5) is 4.79 Å². The summed E-state index contributed by atoms with van der Waals surface area (Å²) < 4.78 is 0. The zero-order valence-electron chi connectivity index (χ0n) is 20.0. The van der Waals surface area contributed by atoms with E-state index in [1.807, 2.05) is 30.4 Å². The summed E-state index contributed by atoms with van der Waals surface area (Å²) in [5.74, 6) is -0.664. The van der Waals surface area contributed by atoms with Crippen molar-refractivity contribution in [3.63, 3.8) is 0 Å². The van der Waals surface area contributed by atoms with Crippen molar-refractivity contribution in [2.45, 2.75) is 52.7 Å². The highest BCUT2D eigenvalue weighted by molar-refractivity contribution is 6.31. The molecule has 1 aromatic carbocycles. The van der Waals surface area contributed by atoms with E-state index >= 15 is 0 Å². The number of carbonyl (C=O) groups is 4. The molecule has 9 heteroatoms. The lowest BCUT2D eigenvalue weighted by Gasteiger charge is -2.29. The van der Waals surface area contributed by atoms with E-state index in [1.165, 1.54) is 4.90 Å². The average molecular weight is 497 g/mol. The third kappa shape index (κ3) is 5.32. The van der Waals surface area contributed by atoms with Gasteiger partial charge in [-0.2, -0.15) is 0 Å². The third-order valence-electron chi connectivity index (χ3n) is 6.91. The van der Waals surface area contributed by atoms with Gasteiger partial charge in [0.1, 0.15) is 6.04 Å². The van der Waals surface area contributed by atoms with Gasteiger partial charge in [0.25, 0.3) is 5.91 Å². The highest BCUT2D eigenvalue weighted by Crippen LogP contribution is 2.35. The molecule has 35 heavy (non-hydrogen) atoms. The molecule has 2 aliphatic heterocycles. The highest BCUT2D eigenvalue weighted by Gasteiger charge is 2.39. The molecule has 2 heterocycles. The average Bonchev–Trinajstić information content (AvgIpc) is 3.02. The van der Waals surface area contributed by atoms with Crippen LogP contribution in [0.5, 0.6) is 0 Å². The molecule has 2 atom stereocenters. The molecule has 0 bridgehead atoms. The summed E-state index contributed by atoms with van der Waals surface area (Å²) >= 11 is 6.35. The van der Waals surface area contributed by atoms with Gasteiger partial charge < -0.3 is 15.5 Å². The molecule has 1 aliphatic carbocycles. The summed E-state index contributed by atoms with van der Waals surface area (Å²) in [6, 6.07) is 4.37. The van der Waals surface area contributed by atoms with E-state index in [-0.39, 0.29) is 30.2 Å². The van der Waals surface area contributed by atoms with Crippen LogP contribution in [0.1, 0.15) is 55.1 Å². The normalized spacial score (nSPS) is 24.0. The highest BCUT2D eigenvalue weighted by atomic mass is 35.5. The van der Waals surface area contributed by atoms with E-state index in [9.17, 15) is 19.2 Å². The van der Waals surface area contributed by atoms with Gasteiger partial charge in [-0.1, -0.05) is 56.7 Å². The van der Waals surface area contributed by atoms with Crippen molar-refractivity contribution in [3.8, 4) is 0 Å². The van der Waals surface area contributed by atoms with Gasteiger partial charge in [0, 0.05) is 41.2 Å². The van der Waals surface area contributed by atoms with Crippen molar-refractivity contribution < 1.29 is 19.2 Å². The number of rotatable bonds is 5. The molecule has 0 saturated carbocycles. The molecule has 1 fully saturated rings. The minimum Gasteiger partial charge on any atom is -0.334 e. The van der Waals surface area contributed by atoms with Crippen molar-refractivity contribution >= 4 is 35.4 Å². The minimum atomic E-state index is -0.653. The number of urea groups is 1. The van der Waals surface area contributed by atoms with Crippen LogP contribution in [0.15, 0.2) is 53.2 Å². The van der Waals surface area contributed by atoms with Gasteiger partial charge in [0.05, 0.1) is 0 Å². The molecule has 0 spiro atoms. The van der Waals surface area contributed by atoms with Gasteiger partial charge in [-0.25, -0.2) is 4.79 Å². The molecule has 3 N–H and O–H groups in total. The predicted octanol–water partition coefficient (Wildman–Crippen LogP) is 3.49. The fourth-order valence-corrected chi connectivity index (χ4v) is 4.71. The van der Waals surface area contributed by atoms with Crippen molar-refractivity contribution in [2.75, 3.05) is 0 Å². The second-order valence-electron chi connectivity index (χ2n) is 9.68. The van der Waals surface area contributed by atoms with Crippen molar-refractivity contribution in [3.05, 3.63) is 69.9 Å². The Morgan fingerprint density at radius 3 is 2.77 bits per heavy atom. The van der Waals surface area contributed by atoms with E-state index in [0.717, 1.165) is 11.1 Å². The first-order chi connectivity index (χ1) is 16.6. The summed E-state index contributed by atoms with van der Waals surface area (Å²) in [5, 5.41) is 8.47. The van der Waals surface area contributed by atoms with Crippen LogP contribution in [0.25, 0.3) is 0 Å². The van der Waals surface area contributed by atoms with Crippen molar-refractivity contribution in [1.82, 2.24) is 20.9 Å². The largest absolute Gasteiger partial charge is 0.334 e. The maximum absolute atomic E-state index is 13.0. The molecule has 1 aromatic rings. The van der Waals surface area contributed by atoms with Gasteiger partial charge in [0.15, 0.2) is 0 Å². The number of piperidine rings is 1. The smallest absolute Gasteiger partial charge is 0.319 e. The number of amides is 5. The number of carbonyl (C=O) groups excluding carboxylic acids is 4. The van der Waals surface area contributed by atoms with Crippen LogP contribution in [0, 0.1) is 11.3 Å².